The first-order valence-electron chi connectivity index (χ1n) is 16.9. The Hall–Kier alpha value is -0.730. The number of aliphatic hydroxyl groups is 3. The van der Waals surface area contributed by atoms with Crippen LogP contribution in [0.4, 0.5) is 0 Å². The maximum atomic E-state index is 12.1. The maximum absolute atomic E-state index is 12.1. The van der Waals surface area contributed by atoms with E-state index in [4.69, 9.17) is 9.84 Å². The SMILES string of the molecule is CCCCCCCCCCCCCCCCCCCCCC(=O)NCCC[N+](C)(C)CC(O)COCC(O)CO. The molecule has 0 bridgehead atoms. The number of quaternary nitrogens is 1. The van der Waals surface area contributed by atoms with Gasteiger partial charge in [0.2, 0.25) is 5.91 Å². The molecule has 0 aromatic carbocycles. The van der Waals surface area contributed by atoms with Crippen molar-refractivity contribution in [1.82, 2.24) is 5.32 Å². The molecule has 0 fully saturated rings. The van der Waals surface area contributed by atoms with Gasteiger partial charge in [0, 0.05) is 19.4 Å². The van der Waals surface area contributed by atoms with Crippen molar-refractivity contribution in [2.75, 3.05) is 53.6 Å². The highest BCUT2D eigenvalue weighted by Gasteiger charge is 2.20. The number of amides is 1. The molecule has 7 heteroatoms. The second-order valence-corrected chi connectivity index (χ2v) is 12.7. The molecule has 0 aromatic heterocycles. The number of carbonyl (C=O) groups is 1. The minimum atomic E-state index is -0.905. The van der Waals surface area contributed by atoms with Gasteiger partial charge in [0.05, 0.1) is 40.5 Å². The number of aliphatic hydroxyl groups excluding tert-OH is 3. The summed E-state index contributed by atoms with van der Waals surface area (Å²) in [5.74, 6) is 0.146. The number of hydrogen-bond acceptors (Lipinski definition) is 5. The Kier molecular flexibility index (Phi) is 27.9. The third kappa shape index (κ3) is 28.8. The van der Waals surface area contributed by atoms with Gasteiger partial charge >= 0.3 is 0 Å². The second-order valence-electron chi connectivity index (χ2n) is 12.7. The molecule has 7 nitrogen and oxygen atoms in total. The van der Waals surface area contributed by atoms with E-state index in [1.165, 1.54) is 109 Å². The Balaban J connectivity index is 3.43. The largest absolute Gasteiger partial charge is 0.394 e. The van der Waals surface area contributed by atoms with Crippen LogP contribution in [0.2, 0.25) is 0 Å². The van der Waals surface area contributed by atoms with E-state index in [1.807, 2.05) is 14.1 Å². The van der Waals surface area contributed by atoms with E-state index in [0.29, 0.717) is 24.0 Å². The second kappa shape index (κ2) is 28.4. The van der Waals surface area contributed by atoms with Gasteiger partial charge in [0.1, 0.15) is 18.8 Å². The van der Waals surface area contributed by atoms with Crippen molar-refractivity contribution < 1.29 is 29.3 Å². The summed E-state index contributed by atoms with van der Waals surface area (Å²) >= 11 is 0. The number of nitrogens with one attached hydrogen (secondary N) is 1. The van der Waals surface area contributed by atoms with Crippen LogP contribution in [0.15, 0.2) is 0 Å². The van der Waals surface area contributed by atoms with E-state index >= 15 is 0 Å². The summed E-state index contributed by atoms with van der Waals surface area (Å²) in [4.78, 5) is 12.1. The third-order valence-electron chi connectivity index (χ3n) is 7.81. The molecule has 0 radical (unpaired) electrons. The van der Waals surface area contributed by atoms with Crippen LogP contribution in [0.1, 0.15) is 142 Å². The lowest BCUT2D eigenvalue weighted by Gasteiger charge is -2.32. The average Bonchev–Trinajstić information content (AvgIpc) is 2.92. The maximum Gasteiger partial charge on any atom is 0.219 e. The van der Waals surface area contributed by atoms with Gasteiger partial charge in [-0.25, -0.2) is 0 Å². The predicted octanol–water partition coefficient (Wildman–Crippen LogP) is 6.12. The van der Waals surface area contributed by atoms with Crippen LogP contribution in [0.5, 0.6) is 0 Å². The lowest BCUT2D eigenvalue weighted by Crippen LogP contribution is -2.48. The molecule has 0 saturated heterocycles. The average molecular weight is 574 g/mol. The van der Waals surface area contributed by atoms with Crippen LogP contribution in [-0.2, 0) is 9.53 Å². The molecule has 0 aliphatic heterocycles. The van der Waals surface area contributed by atoms with Crippen LogP contribution in [-0.4, -0.2) is 91.5 Å². The monoisotopic (exact) mass is 574 g/mol. The molecule has 40 heavy (non-hydrogen) atoms. The van der Waals surface area contributed by atoms with Gasteiger partial charge in [0.25, 0.3) is 0 Å². The zero-order valence-corrected chi connectivity index (χ0v) is 26.9. The molecule has 0 rings (SSSR count). The summed E-state index contributed by atoms with van der Waals surface area (Å²) < 4.78 is 5.87. The Labute approximate surface area is 248 Å². The summed E-state index contributed by atoms with van der Waals surface area (Å²) in [7, 11) is 4.10. The molecular weight excluding hydrogens is 504 g/mol. The Morgan fingerprint density at radius 2 is 1.10 bits per heavy atom. The standard InChI is InChI=1S/C33H68N2O5/c1-4-5-6-7-8-9-10-11-12-13-14-15-16-17-18-19-20-21-22-24-33(39)34-25-23-26-35(2,3)27-31(37)29-40-30-32(38)28-36/h31-32,36-38H,4-30H2,1-3H3/p+1. The fraction of sp³-hybridized carbons (Fsp3) is 0.970. The van der Waals surface area contributed by atoms with Gasteiger partial charge in [-0.2, -0.15) is 0 Å². The zero-order chi connectivity index (χ0) is 29.7. The van der Waals surface area contributed by atoms with Gasteiger partial charge in [-0.05, 0) is 6.42 Å². The Bertz CT molecular complexity index is 547. The molecular formula is C33H69N2O5+. The molecule has 4 N–H and O–H groups in total. The third-order valence-corrected chi connectivity index (χ3v) is 7.81. The first-order chi connectivity index (χ1) is 19.3. The Morgan fingerprint density at radius 3 is 1.55 bits per heavy atom. The molecule has 0 aromatic rings. The summed E-state index contributed by atoms with van der Waals surface area (Å²) in [6.45, 7) is 4.13. The fourth-order valence-electron chi connectivity index (χ4n) is 5.29. The minimum absolute atomic E-state index is 0.0204. The van der Waals surface area contributed by atoms with E-state index < -0.39 is 12.2 Å². The van der Waals surface area contributed by atoms with E-state index in [2.05, 4.69) is 12.2 Å². The highest BCUT2D eigenvalue weighted by Crippen LogP contribution is 2.15. The fourth-order valence-corrected chi connectivity index (χ4v) is 5.29. The van der Waals surface area contributed by atoms with Crippen molar-refractivity contribution in [2.45, 2.75) is 154 Å². The van der Waals surface area contributed by atoms with Gasteiger partial charge < -0.3 is 29.9 Å². The van der Waals surface area contributed by atoms with Crippen molar-refractivity contribution >= 4 is 5.91 Å². The van der Waals surface area contributed by atoms with Gasteiger partial charge in [0.15, 0.2) is 0 Å². The van der Waals surface area contributed by atoms with E-state index in [1.54, 1.807) is 0 Å². The molecule has 1 amide bonds. The van der Waals surface area contributed by atoms with E-state index in [-0.39, 0.29) is 25.7 Å². The van der Waals surface area contributed by atoms with Crippen molar-refractivity contribution in [1.29, 1.82) is 0 Å². The van der Waals surface area contributed by atoms with Gasteiger partial charge in [-0.1, -0.05) is 122 Å². The molecule has 0 aliphatic carbocycles. The van der Waals surface area contributed by atoms with Gasteiger partial charge in [-0.15, -0.1) is 0 Å². The predicted molar refractivity (Wildman–Crippen MR) is 167 cm³/mol. The van der Waals surface area contributed by atoms with E-state index in [9.17, 15) is 15.0 Å². The van der Waals surface area contributed by atoms with Crippen LogP contribution in [0.3, 0.4) is 0 Å². The number of hydrogen-bond donors (Lipinski definition) is 4. The topological polar surface area (TPSA) is 99.0 Å². The first-order valence-corrected chi connectivity index (χ1v) is 16.9. The lowest BCUT2D eigenvalue weighted by atomic mass is 10.0. The summed E-state index contributed by atoms with van der Waals surface area (Å²) in [6.07, 6.45) is 25.7. The lowest BCUT2D eigenvalue weighted by molar-refractivity contribution is -0.893. The molecule has 0 heterocycles. The number of rotatable bonds is 31. The molecule has 0 spiro atoms. The zero-order valence-electron chi connectivity index (χ0n) is 26.9. The van der Waals surface area contributed by atoms with Crippen LogP contribution < -0.4 is 5.32 Å². The van der Waals surface area contributed by atoms with Crippen molar-refractivity contribution in [3.8, 4) is 0 Å². The van der Waals surface area contributed by atoms with Crippen molar-refractivity contribution in [2.24, 2.45) is 0 Å². The Morgan fingerprint density at radius 1 is 0.675 bits per heavy atom. The van der Waals surface area contributed by atoms with Crippen molar-refractivity contribution in [3.05, 3.63) is 0 Å². The smallest absolute Gasteiger partial charge is 0.219 e. The number of likely N-dealkylation sites (N-methyl/N-ethyl adjacent to an activating group) is 1. The van der Waals surface area contributed by atoms with Crippen LogP contribution >= 0.6 is 0 Å². The van der Waals surface area contributed by atoms with Crippen LogP contribution in [0.25, 0.3) is 0 Å². The van der Waals surface area contributed by atoms with E-state index in [0.717, 1.165) is 25.8 Å². The molecule has 2 atom stereocenters. The summed E-state index contributed by atoms with van der Waals surface area (Å²) in [6, 6.07) is 0. The molecule has 0 aliphatic rings. The number of nitrogens with zero attached hydrogens (tertiary/aromatic N) is 1. The minimum Gasteiger partial charge on any atom is -0.394 e. The number of carbonyl (C=O) groups excluding carboxylic acids is 1. The summed E-state index contributed by atoms with van der Waals surface area (Å²) in [5, 5.41) is 31.2. The first kappa shape index (κ1) is 39.3. The highest BCUT2D eigenvalue weighted by molar-refractivity contribution is 5.75. The normalized spacial score (nSPS) is 13.4. The number of unbranched alkanes of at least 4 members (excludes halogenated alkanes) is 18. The van der Waals surface area contributed by atoms with Crippen LogP contribution in [0, 0.1) is 0 Å². The van der Waals surface area contributed by atoms with Gasteiger partial charge in [-0.3, -0.25) is 4.79 Å². The molecule has 2 unspecified atom stereocenters. The number of ether oxygens (including phenoxy) is 1. The quantitative estimate of drug-likeness (QED) is 0.0591. The molecule has 240 valence electrons. The van der Waals surface area contributed by atoms with Crippen molar-refractivity contribution in [3.63, 3.8) is 0 Å². The molecule has 0 saturated carbocycles. The highest BCUT2D eigenvalue weighted by atomic mass is 16.5. The summed E-state index contributed by atoms with van der Waals surface area (Å²) in [5.41, 5.74) is 0.